The summed E-state index contributed by atoms with van der Waals surface area (Å²) in [6.07, 6.45) is 4.72. The highest BCUT2D eigenvalue weighted by Gasteiger charge is 2.32. The zero-order valence-electron chi connectivity index (χ0n) is 14.7. The number of nitrogens with zero attached hydrogens (tertiary/aromatic N) is 2. The standard InChI is InChI=1S/C17H33N3O2/c1-5-19(14-8-9-14)12-10-18-13-15-7-6-11-20(15)16(21)22-17(2,3)4/h14-15,18H,5-13H2,1-4H3. The molecule has 128 valence electrons. The van der Waals surface area contributed by atoms with E-state index < -0.39 is 5.60 Å². The molecule has 1 N–H and O–H groups in total. The van der Waals surface area contributed by atoms with Crippen molar-refractivity contribution in [2.75, 3.05) is 32.7 Å². The number of carbonyl (C=O) groups excluding carboxylic acids is 1. The summed E-state index contributed by atoms with van der Waals surface area (Å²) in [5, 5.41) is 3.53. The summed E-state index contributed by atoms with van der Waals surface area (Å²) in [4.78, 5) is 16.7. The normalized spacial score (nSPS) is 22.4. The lowest BCUT2D eigenvalue weighted by Gasteiger charge is -2.29. The third-order valence-corrected chi connectivity index (χ3v) is 4.43. The van der Waals surface area contributed by atoms with E-state index in [1.54, 1.807) is 0 Å². The van der Waals surface area contributed by atoms with Crippen LogP contribution in [0.3, 0.4) is 0 Å². The third-order valence-electron chi connectivity index (χ3n) is 4.43. The van der Waals surface area contributed by atoms with Crippen LogP contribution in [0.15, 0.2) is 0 Å². The van der Waals surface area contributed by atoms with Crippen molar-refractivity contribution in [1.82, 2.24) is 15.1 Å². The van der Waals surface area contributed by atoms with Crippen molar-refractivity contribution in [2.24, 2.45) is 0 Å². The van der Waals surface area contributed by atoms with E-state index in [-0.39, 0.29) is 12.1 Å². The quantitative estimate of drug-likeness (QED) is 0.734. The van der Waals surface area contributed by atoms with Crippen molar-refractivity contribution in [3.8, 4) is 0 Å². The third kappa shape index (κ3) is 5.43. The zero-order chi connectivity index (χ0) is 16.2. The molecule has 2 fully saturated rings. The predicted molar refractivity (Wildman–Crippen MR) is 89.1 cm³/mol. The molecule has 22 heavy (non-hydrogen) atoms. The van der Waals surface area contributed by atoms with Gasteiger partial charge >= 0.3 is 6.09 Å². The molecule has 0 radical (unpaired) electrons. The van der Waals surface area contributed by atoms with Crippen molar-refractivity contribution in [3.05, 3.63) is 0 Å². The van der Waals surface area contributed by atoms with Gasteiger partial charge in [0.2, 0.25) is 0 Å². The van der Waals surface area contributed by atoms with Gasteiger partial charge in [0, 0.05) is 38.3 Å². The fourth-order valence-electron chi connectivity index (χ4n) is 3.14. The van der Waals surface area contributed by atoms with Crippen molar-refractivity contribution in [1.29, 1.82) is 0 Å². The molecule has 0 bridgehead atoms. The molecule has 2 rings (SSSR count). The molecular formula is C17H33N3O2. The highest BCUT2D eigenvalue weighted by atomic mass is 16.6. The van der Waals surface area contributed by atoms with Crippen LogP contribution in [0.5, 0.6) is 0 Å². The molecule has 1 aliphatic carbocycles. The molecule has 0 spiro atoms. The Balaban J connectivity index is 1.68. The van der Waals surface area contributed by atoms with Crippen molar-refractivity contribution >= 4 is 6.09 Å². The van der Waals surface area contributed by atoms with E-state index in [1.165, 1.54) is 12.8 Å². The second kappa shape index (κ2) is 7.64. The molecule has 1 heterocycles. The van der Waals surface area contributed by atoms with Crippen LogP contribution in [0, 0.1) is 0 Å². The Labute approximate surface area is 135 Å². The Morgan fingerprint density at radius 3 is 2.64 bits per heavy atom. The number of ether oxygens (including phenoxy) is 1. The van der Waals surface area contributed by atoms with E-state index in [0.29, 0.717) is 0 Å². The van der Waals surface area contributed by atoms with Gasteiger partial charge in [0.05, 0.1) is 0 Å². The van der Waals surface area contributed by atoms with Crippen molar-refractivity contribution in [2.45, 2.75) is 71.1 Å². The monoisotopic (exact) mass is 311 g/mol. The topological polar surface area (TPSA) is 44.8 Å². The van der Waals surface area contributed by atoms with Gasteiger partial charge in [-0.15, -0.1) is 0 Å². The maximum Gasteiger partial charge on any atom is 0.410 e. The minimum Gasteiger partial charge on any atom is -0.444 e. The SMILES string of the molecule is CCN(CCNCC1CCCN1C(=O)OC(C)(C)C)C1CC1. The Bertz CT molecular complexity index is 363. The van der Waals surface area contributed by atoms with Crippen LogP contribution in [0.25, 0.3) is 0 Å². The van der Waals surface area contributed by atoms with E-state index >= 15 is 0 Å². The number of amides is 1. The van der Waals surface area contributed by atoms with Crippen LogP contribution in [-0.2, 0) is 4.74 Å². The Morgan fingerprint density at radius 2 is 2.05 bits per heavy atom. The van der Waals surface area contributed by atoms with Gasteiger partial charge in [-0.25, -0.2) is 4.79 Å². The lowest BCUT2D eigenvalue weighted by atomic mass is 10.2. The number of nitrogens with one attached hydrogen (secondary N) is 1. The van der Waals surface area contributed by atoms with Gasteiger partial charge in [-0.2, -0.15) is 0 Å². The first-order valence-corrected chi connectivity index (χ1v) is 8.85. The van der Waals surface area contributed by atoms with Crippen LogP contribution in [0.2, 0.25) is 0 Å². The summed E-state index contributed by atoms with van der Waals surface area (Å²) in [6, 6.07) is 1.11. The summed E-state index contributed by atoms with van der Waals surface area (Å²) >= 11 is 0. The summed E-state index contributed by atoms with van der Waals surface area (Å²) in [7, 11) is 0. The summed E-state index contributed by atoms with van der Waals surface area (Å²) in [5.41, 5.74) is -0.413. The smallest absolute Gasteiger partial charge is 0.410 e. The van der Waals surface area contributed by atoms with Gasteiger partial charge in [0.1, 0.15) is 5.60 Å². The second-order valence-corrected chi connectivity index (χ2v) is 7.53. The summed E-state index contributed by atoms with van der Waals surface area (Å²) in [6.45, 7) is 13.0. The van der Waals surface area contributed by atoms with Gasteiger partial charge < -0.3 is 15.0 Å². The lowest BCUT2D eigenvalue weighted by molar-refractivity contribution is 0.0226. The molecule has 5 heteroatoms. The number of hydrogen-bond donors (Lipinski definition) is 1. The molecule has 2 aliphatic rings. The van der Waals surface area contributed by atoms with Gasteiger partial charge in [-0.3, -0.25) is 4.90 Å². The first-order chi connectivity index (χ1) is 10.4. The summed E-state index contributed by atoms with van der Waals surface area (Å²) < 4.78 is 5.50. The maximum atomic E-state index is 12.2. The first kappa shape index (κ1) is 17.5. The molecule has 1 amide bonds. The van der Waals surface area contributed by atoms with E-state index in [4.69, 9.17) is 4.74 Å². The molecule has 1 unspecified atom stereocenters. The van der Waals surface area contributed by atoms with Gasteiger partial charge in [-0.1, -0.05) is 6.92 Å². The molecule has 0 aromatic carbocycles. The molecular weight excluding hydrogens is 278 g/mol. The highest BCUT2D eigenvalue weighted by Crippen LogP contribution is 2.26. The predicted octanol–water partition coefficient (Wildman–Crippen LogP) is 2.46. The second-order valence-electron chi connectivity index (χ2n) is 7.53. The number of carbonyl (C=O) groups is 1. The van der Waals surface area contributed by atoms with Crippen LogP contribution in [-0.4, -0.2) is 66.3 Å². The van der Waals surface area contributed by atoms with E-state index in [9.17, 15) is 4.79 Å². The van der Waals surface area contributed by atoms with Gasteiger partial charge in [-0.05, 0) is 53.0 Å². The Morgan fingerprint density at radius 1 is 1.32 bits per heavy atom. The van der Waals surface area contributed by atoms with Crippen molar-refractivity contribution in [3.63, 3.8) is 0 Å². The average Bonchev–Trinajstić information content (AvgIpc) is 3.14. The zero-order valence-corrected chi connectivity index (χ0v) is 14.7. The average molecular weight is 311 g/mol. The van der Waals surface area contributed by atoms with Crippen LogP contribution in [0.1, 0.15) is 53.4 Å². The van der Waals surface area contributed by atoms with E-state index in [2.05, 4.69) is 17.1 Å². The molecule has 1 saturated carbocycles. The van der Waals surface area contributed by atoms with Crippen LogP contribution in [0.4, 0.5) is 4.79 Å². The molecule has 0 aromatic rings. The Hall–Kier alpha value is -0.810. The number of hydrogen-bond acceptors (Lipinski definition) is 4. The minimum absolute atomic E-state index is 0.162. The number of likely N-dealkylation sites (tertiary alicyclic amines) is 1. The molecule has 1 saturated heterocycles. The van der Waals surface area contributed by atoms with E-state index in [1.807, 2.05) is 25.7 Å². The van der Waals surface area contributed by atoms with Crippen LogP contribution >= 0.6 is 0 Å². The fraction of sp³-hybridized carbons (Fsp3) is 0.941. The molecule has 0 aromatic heterocycles. The molecule has 1 aliphatic heterocycles. The molecule has 5 nitrogen and oxygen atoms in total. The fourth-order valence-corrected chi connectivity index (χ4v) is 3.14. The lowest BCUT2D eigenvalue weighted by Crippen LogP contribution is -2.45. The molecule has 1 atom stereocenters. The Kier molecular flexibility index (Phi) is 6.09. The number of likely N-dealkylation sites (N-methyl/N-ethyl adjacent to an activating group) is 1. The largest absolute Gasteiger partial charge is 0.444 e. The van der Waals surface area contributed by atoms with Crippen molar-refractivity contribution < 1.29 is 9.53 Å². The highest BCUT2D eigenvalue weighted by molar-refractivity contribution is 5.69. The summed E-state index contributed by atoms with van der Waals surface area (Å²) in [5.74, 6) is 0. The minimum atomic E-state index is -0.413. The first-order valence-electron chi connectivity index (χ1n) is 8.85. The van der Waals surface area contributed by atoms with E-state index in [0.717, 1.165) is 51.6 Å². The van der Waals surface area contributed by atoms with Gasteiger partial charge in [0.25, 0.3) is 0 Å². The van der Waals surface area contributed by atoms with Crippen LogP contribution < -0.4 is 5.32 Å². The maximum absolute atomic E-state index is 12.2. The van der Waals surface area contributed by atoms with Gasteiger partial charge in [0.15, 0.2) is 0 Å². The number of rotatable bonds is 7.